The number of amides is 1. The number of carbonyl (C=O) groups is 1. The molecule has 2 heterocycles. The summed E-state index contributed by atoms with van der Waals surface area (Å²) in [6, 6.07) is 10.1. The van der Waals surface area contributed by atoms with E-state index in [1.54, 1.807) is 14.0 Å². The molecule has 9 heteroatoms. The van der Waals surface area contributed by atoms with Crippen LogP contribution in [0, 0.1) is 6.92 Å². The van der Waals surface area contributed by atoms with Crippen LogP contribution in [0.25, 0.3) is 0 Å². The number of nitrogens with zero attached hydrogens (tertiary/aromatic N) is 4. The molecule has 28 heavy (non-hydrogen) atoms. The summed E-state index contributed by atoms with van der Waals surface area (Å²) in [6.45, 7) is 2.47. The van der Waals surface area contributed by atoms with E-state index in [2.05, 4.69) is 20.0 Å². The molecule has 0 saturated heterocycles. The summed E-state index contributed by atoms with van der Waals surface area (Å²) in [5.41, 5.74) is 2.16. The highest BCUT2D eigenvalue weighted by molar-refractivity contribution is 5.69. The number of carbonyl (C=O) groups excluding carboxylic acids is 1. The minimum Gasteiger partial charge on any atom is -0.490 e. The van der Waals surface area contributed by atoms with E-state index in [4.69, 9.17) is 4.74 Å². The van der Waals surface area contributed by atoms with Gasteiger partial charge in [-0.25, -0.2) is 4.98 Å². The van der Waals surface area contributed by atoms with Crippen molar-refractivity contribution in [1.29, 1.82) is 0 Å². The van der Waals surface area contributed by atoms with Crippen molar-refractivity contribution in [2.75, 3.05) is 24.4 Å². The Morgan fingerprint density at radius 2 is 2.04 bits per heavy atom. The van der Waals surface area contributed by atoms with E-state index < -0.39 is 0 Å². The normalized spacial score (nSPS) is 9.86. The molecule has 148 valence electrons. The first kappa shape index (κ1) is 20.7. The minimum atomic E-state index is -0.171. The third-order valence-electron chi connectivity index (χ3n) is 3.86. The minimum absolute atomic E-state index is 0.171. The van der Waals surface area contributed by atoms with Crippen LogP contribution < -0.4 is 20.5 Å². The summed E-state index contributed by atoms with van der Waals surface area (Å²) in [5.74, 6) is 0.918. The Labute approximate surface area is 162 Å². The average molecular weight is 385 g/mol. The Morgan fingerprint density at radius 3 is 2.61 bits per heavy atom. The fourth-order valence-corrected chi connectivity index (χ4v) is 2.52. The summed E-state index contributed by atoms with van der Waals surface area (Å²) in [4.78, 5) is 28.3. The largest absolute Gasteiger partial charge is 0.490 e. The van der Waals surface area contributed by atoms with Gasteiger partial charge in [-0.05, 0) is 12.5 Å². The highest BCUT2D eigenvalue weighted by atomic mass is 16.5. The van der Waals surface area contributed by atoms with Crippen LogP contribution in [-0.4, -0.2) is 35.3 Å². The second-order valence-electron chi connectivity index (χ2n) is 5.91. The lowest BCUT2D eigenvalue weighted by Gasteiger charge is -2.21. The molecule has 0 fully saturated rings. The Hall–Kier alpha value is -3.62. The van der Waals surface area contributed by atoms with Gasteiger partial charge in [0.05, 0.1) is 19.0 Å². The van der Waals surface area contributed by atoms with Crippen LogP contribution in [0.15, 0.2) is 52.1 Å². The summed E-state index contributed by atoms with van der Waals surface area (Å²) in [6.07, 6.45) is 3.31. The smallest absolute Gasteiger partial charge is 0.297 e. The van der Waals surface area contributed by atoms with Gasteiger partial charge < -0.3 is 19.5 Å². The van der Waals surface area contributed by atoms with Crippen molar-refractivity contribution in [1.82, 2.24) is 14.7 Å². The Kier molecular flexibility index (Phi) is 7.32. The van der Waals surface area contributed by atoms with Crippen molar-refractivity contribution in [3.63, 3.8) is 0 Å². The molecule has 0 unspecified atom stereocenters. The van der Waals surface area contributed by atoms with Crippen LogP contribution in [0.2, 0.25) is 0 Å². The lowest BCUT2D eigenvalue weighted by atomic mass is 10.2. The van der Waals surface area contributed by atoms with Crippen LogP contribution >= 0.6 is 0 Å². The fourth-order valence-electron chi connectivity index (χ4n) is 2.52. The van der Waals surface area contributed by atoms with Crippen molar-refractivity contribution in [3.05, 3.63) is 64.4 Å². The standard InChI is InChI=1S/C15H19N3O2.C4H4N2O2/c1-11-13(20-4)14(19)18(3)15(16-11)17(2)10-12-8-6-5-7-9-12;7-3-5-4-1-6-8-2-4/h5-9H,10H2,1-4H3;1-3H,(H,5,7). The fraction of sp³-hybridized carbons (Fsp3) is 0.263. The van der Waals surface area contributed by atoms with Crippen molar-refractivity contribution in [2.45, 2.75) is 13.5 Å². The molecule has 3 aromatic rings. The highest BCUT2D eigenvalue weighted by Gasteiger charge is 2.15. The number of hydrogen-bond donors (Lipinski definition) is 1. The van der Waals surface area contributed by atoms with Gasteiger partial charge in [0.1, 0.15) is 12.0 Å². The maximum absolute atomic E-state index is 12.2. The zero-order chi connectivity index (χ0) is 20.5. The Balaban J connectivity index is 0.000000292. The van der Waals surface area contributed by atoms with E-state index in [-0.39, 0.29) is 5.56 Å². The molecule has 2 aromatic heterocycles. The summed E-state index contributed by atoms with van der Waals surface area (Å²) in [5, 5.41) is 5.70. The molecule has 1 N–H and O–H groups in total. The number of rotatable bonds is 6. The molecule has 0 atom stereocenters. The van der Waals surface area contributed by atoms with E-state index in [9.17, 15) is 9.59 Å². The van der Waals surface area contributed by atoms with Crippen molar-refractivity contribution in [2.24, 2.45) is 7.05 Å². The van der Waals surface area contributed by atoms with Crippen molar-refractivity contribution in [3.8, 4) is 5.75 Å². The van der Waals surface area contributed by atoms with Crippen LogP contribution in [0.4, 0.5) is 11.6 Å². The Morgan fingerprint density at radius 1 is 1.32 bits per heavy atom. The third-order valence-corrected chi connectivity index (χ3v) is 3.86. The van der Waals surface area contributed by atoms with Gasteiger partial charge in [-0.3, -0.25) is 14.2 Å². The average Bonchev–Trinajstić information content (AvgIpc) is 3.20. The number of anilines is 2. The molecule has 1 aromatic carbocycles. The van der Waals surface area contributed by atoms with E-state index in [1.807, 2.05) is 42.3 Å². The molecule has 0 aliphatic heterocycles. The molecule has 9 nitrogen and oxygen atoms in total. The Bertz CT molecular complexity index is 939. The maximum Gasteiger partial charge on any atom is 0.297 e. The predicted octanol–water partition coefficient (Wildman–Crippen LogP) is 1.98. The van der Waals surface area contributed by atoms with E-state index in [0.717, 1.165) is 5.56 Å². The lowest BCUT2D eigenvalue weighted by molar-refractivity contribution is -0.105. The molecular formula is C19H23N5O4. The number of ether oxygens (including phenoxy) is 1. The summed E-state index contributed by atoms with van der Waals surface area (Å²) >= 11 is 0. The lowest BCUT2D eigenvalue weighted by Crippen LogP contribution is -2.29. The zero-order valence-corrected chi connectivity index (χ0v) is 16.2. The first-order chi connectivity index (χ1) is 13.5. The van der Waals surface area contributed by atoms with E-state index >= 15 is 0 Å². The van der Waals surface area contributed by atoms with Gasteiger partial charge in [0.2, 0.25) is 18.1 Å². The number of aryl methyl sites for hydroxylation is 1. The van der Waals surface area contributed by atoms with Gasteiger partial charge >= 0.3 is 0 Å². The quantitative estimate of drug-likeness (QED) is 0.647. The van der Waals surface area contributed by atoms with Gasteiger partial charge in [-0.2, -0.15) is 0 Å². The van der Waals surface area contributed by atoms with Crippen LogP contribution in [0.3, 0.4) is 0 Å². The van der Waals surface area contributed by atoms with Gasteiger partial charge in [0, 0.05) is 20.6 Å². The monoisotopic (exact) mass is 385 g/mol. The van der Waals surface area contributed by atoms with Crippen LogP contribution in [0.1, 0.15) is 11.3 Å². The summed E-state index contributed by atoms with van der Waals surface area (Å²) in [7, 11) is 5.10. The second-order valence-corrected chi connectivity index (χ2v) is 5.91. The topological polar surface area (TPSA) is 102 Å². The highest BCUT2D eigenvalue weighted by Crippen LogP contribution is 2.16. The molecule has 0 radical (unpaired) electrons. The first-order valence-corrected chi connectivity index (χ1v) is 8.44. The third kappa shape index (κ3) is 5.19. The number of nitrogens with one attached hydrogen (secondary N) is 1. The van der Waals surface area contributed by atoms with E-state index in [0.29, 0.717) is 36.0 Å². The number of benzene rings is 1. The molecule has 0 bridgehead atoms. The molecule has 0 aliphatic carbocycles. The molecule has 0 aliphatic rings. The van der Waals surface area contributed by atoms with Gasteiger partial charge in [0.15, 0.2) is 0 Å². The van der Waals surface area contributed by atoms with E-state index in [1.165, 1.54) is 24.1 Å². The number of aromatic nitrogens is 3. The number of hydrogen-bond acceptors (Lipinski definition) is 7. The molecule has 0 saturated carbocycles. The van der Waals surface area contributed by atoms with Crippen LogP contribution in [0.5, 0.6) is 5.75 Å². The van der Waals surface area contributed by atoms with Gasteiger partial charge in [-0.1, -0.05) is 35.5 Å². The second kappa shape index (κ2) is 9.91. The molecule has 1 amide bonds. The molecule has 0 spiro atoms. The predicted molar refractivity (Wildman–Crippen MR) is 106 cm³/mol. The van der Waals surface area contributed by atoms with Crippen LogP contribution in [-0.2, 0) is 18.4 Å². The van der Waals surface area contributed by atoms with Gasteiger partial charge in [-0.15, -0.1) is 0 Å². The van der Waals surface area contributed by atoms with Crippen molar-refractivity contribution >= 4 is 18.0 Å². The molecular weight excluding hydrogens is 362 g/mol. The maximum atomic E-state index is 12.2. The zero-order valence-electron chi connectivity index (χ0n) is 16.2. The number of methoxy groups -OCH3 is 1. The summed E-state index contributed by atoms with van der Waals surface area (Å²) < 4.78 is 11.0. The van der Waals surface area contributed by atoms with Crippen molar-refractivity contribution < 1.29 is 14.1 Å². The molecule has 3 rings (SSSR count). The SMILES string of the molecule is COc1c(C)nc(N(C)Cc2ccccc2)n(C)c1=O.O=CNc1cnoc1. The van der Waals surface area contributed by atoms with Gasteiger partial charge in [0.25, 0.3) is 5.56 Å². The first-order valence-electron chi connectivity index (χ1n) is 8.44.